The molecule has 94 valence electrons. The van der Waals surface area contributed by atoms with E-state index in [1.165, 1.54) is 10.8 Å². The van der Waals surface area contributed by atoms with E-state index in [1.807, 2.05) is 0 Å². The number of rotatable bonds is 3. The summed E-state index contributed by atoms with van der Waals surface area (Å²) < 4.78 is 6.44. The highest BCUT2D eigenvalue weighted by atomic mass is 79.9. The number of aryl methyl sites for hydroxylation is 1. The number of hydrogen-bond donors (Lipinski definition) is 1. The third kappa shape index (κ3) is 2.19. The SMILES string of the molecule is Cc1ncc(Br)c(=O)n1Cc1oncc1C(=O)O. The highest BCUT2D eigenvalue weighted by molar-refractivity contribution is 9.10. The second kappa shape index (κ2) is 4.73. The molecular formula is C10H8BrN3O4. The minimum Gasteiger partial charge on any atom is -0.478 e. The maximum atomic E-state index is 11.9. The van der Waals surface area contributed by atoms with Crippen LogP contribution < -0.4 is 5.56 Å². The van der Waals surface area contributed by atoms with Crippen LogP contribution in [0.1, 0.15) is 21.9 Å². The average molecular weight is 314 g/mol. The van der Waals surface area contributed by atoms with Crippen molar-refractivity contribution in [3.05, 3.63) is 44.4 Å². The summed E-state index contributed by atoms with van der Waals surface area (Å²) in [4.78, 5) is 26.8. The Morgan fingerprint density at radius 3 is 2.94 bits per heavy atom. The minimum atomic E-state index is -1.15. The van der Waals surface area contributed by atoms with Gasteiger partial charge in [-0.1, -0.05) is 5.16 Å². The van der Waals surface area contributed by atoms with Gasteiger partial charge < -0.3 is 9.63 Å². The van der Waals surface area contributed by atoms with Gasteiger partial charge in [0, 0.05) is 6.20 Å². The van der Waals surface area contributed by atoms with Crippen LogP contribution in [-0.4, -0.2) is 25.8 Å². The molecular weight excluding hydrogens is 306 g/mol. The van der Waals surface area contributed by atoms with E-state index in [-0.39, 0.29) is 23.4 Å². The first-order valence-electron chi connectivity index (χ1n) is 4.89. The van der Waals surface area contributed by atoms with Crippen LogP contribution >= 0.6 is 15.9 Å². The summed E-state index contributed by atoms with van der Waals surface area (Å²) in [5.74, 6) is -0.594. The summed E-state index contributed by atoms with van der Waals surface area (Å²) in [5, 5.41) is 12.3. The first kappa shape index (κ1) is 12.5. The summed E-state index contributed by atoms with van der Waals surface area (Å²) in [7, 11) is 0. The van der Waals surface area contributed by atoms with Crippen LogP contribution in [0.25, 0.3) is 0 Å². The lowest BCUT2D eigenvalue weighted by molar-refractivity contribution is 0.0694. The van der Waals surface area contributed by atoms with Crippen molar-refractivity contribution in [2.45, 2.75) is 13.5 Å². The Balaban J connectivity index is 2.47. The normalized spacial score (nSPS) is 10.6. The third-order valence-electron chi connectivity index (χ3n) is 2.38. The number of carbonyl (C=O) groups is 1. The van der Waals surface area contributed by atoms with E-state index >= 15 is 0 Å². The molecule has 0 saturated carbocycles. The van der Waals surface area contributed by atoms with Crippen molar-refractivity contribution in [3.63, 3.8) is 0 Å². The maximum absolute atomic E-state index is 11.9. The number of hydrogen-bond acceptors (Lipinski definition) is 5. The van der Waals surface area contributed by atoms with Gasteiger partial charge in [0.15, 0.2) is 5.76 Å². The number of aromatic carboxylic acids is 1. The smallest absolute Gasteiger partial charge is 0.341 e. The van der Waals surface area contributed by atoms with Crippen molar-refractivity contribution in [3.8, 4) is 0 Å². The molecule has 0 aliphatic carbocycles. The Labute approximate surface area is 109 Å². The number of aromatic nitrogens is 3. The van der Waals surface area contributed by atoms with Gasteiger partial charge in [0.2, 0.25) is 0 Å². The number of nitrogens with zero attached hydrogens (tertiary/aromatic N) is 3. The van der Waals surface area contributed by atoms with E-state index in [9.17, 15) is 9.59 Å². The molecule has 1 N–H and O–H groups in total. The molecule has 0 unspecified atom stereocenters. The van der Waals surface area contributed by atoms with Gasteiger partial charge >= 0.3 is 5.97 Å². The second-order valence-corrected chi connectivity index (χ2v) is 4.37. The van der Waals surface area contributed by atoms with Crippen molar-refractivity contribution < 1.29 is 14.4 Å². The molecule has 0 aromatic carbocycles. The van der Waals surface area contributed by atoms with E-state index in [0.29, 0.717) is 10.3 Å². The maximum Gasteiger partial charge on any atom is 0.341 e. The number of carboxylic acids is 1. The van der Waals surface area contributed by atoms with Gasteiger partial charge in [0.05, 0.1) is 12.7 Å². The molecule has 0 aliphatic heterocycles. The Morgan fingerprint density at radius 2 is 2.28 bits per heavy atom. The van der Waals surface area contributed by atoms with Crippen molar-refractivity contribution >= 4 is 21.9 Å². The quantitative estimate of drug-likeness (QED) is 0.909. The molecule has 0 atom stereocenters. The predicted octanol–water partition coefficient (Wildman–Crippen LogP) is 1.05. The second-order valence-electron chi connectivity index (χ2n) is 3.51. The first-order valence-corrected chi connectivity index (χ1v) is 5.68. The third-order valence-corrected chi connectivity index (χ3v) is 2.93. The molecule has 2 heterocycles. The van der Waals surface area contributed by atoms with Gasteiger partial charge in [-0.2, -0.15) is 0 Å². The van der Waals surface area contributed by atoms with Crippen molar-refractivity contribution in [1.82, 2.24) is 14.7 Å². The highest BCUT2D eigenvalue weighted by Gasteiger charge is 2.17. The Bertz CT molecular complexity index is 661. The fourth-order valence-electron chi connectivity index (χ4n) is 1.43. The number of halogens is 1. The molecule has 18 heavy (non-hydrogen) atoms. The molecule has 8 heteroatoms. The largest absolute Gasteiger partial charge is 0.478 e. The summed E-state index contributed by atoms with van der Waals surface area (Å²) in [5.41, 5.74) is -0.378. The summed E-state index contributed by atoms with van der Waals surface area (Å²) in [6, 6.07) is 0. The van der Waals surface area contributed by atoms with E-state index < -0.39 is 5.97 Å². The molecule has 2 rings (SSSR count). The van der Waals surface area contributed by atoms with Gasteiger partial charge in [-0.05, 0) is 22.9 Å². The average Bonchev–Trinajstić information content (AvgIpc) is 2.78. The van der Waals surface area contributed by atoms with Gasteiger partial charge in [-0.15, -0.1) is 0 Å². The summed E-state index contributed by atoms with van der Waals surface area (Å²) >= 11 is 3.07. The number of carboxylic acid groups (broad SMARTS) is 1. The van der Waals surface area contributed by atoms with Crippen molar-refractivity contribution in [2.75, 3.05) is 0 Å². The van der Waals surface area contributed by atoms with Crippen LogP contribution in [0.3, 0.4) is 0 Å². The molecule has 0 amide bonds. The molecule has 0 spiro atoms. The minimum absolute atomic E-state index is 0.0290. The van der Waals surface area contributed by atoms with Gasteiger partial charge in [-0.25, -0.2) is 9.78 Å². The standard InChI is InChI=1S/C10H8BrN3O4/c1-5-12-3-7(11)9(15)14(5)4-8-6(10(16)17)2-13-18-8/h2-3H,4H2,1H3,(H,16,17). The predicted molar refractivity (Wildman–Crippen MR) is 63.5 cm³/mol. The molecule has 2 aromatic heterocycles. The Hall–Kier alpha value is -1.96. The molecule has 0 radical (unpaired) electrons. The lowest BCUT2D eigenvalue weighted by Crippen LogP contribution is -2.25. The van der Waals surface area contributed by atoms with E-state index in [4.69, 9.17) is 9.63 Å². The zero-order valence-electron chi connectivity index (χ0n) is 9.25. The van der Waals surface area contributed by atoms with Crippen molar-refractivity contribution in [2.24, 2.45) is 0 Å². The fraction of sp³-hybridized carbons (Fsp3) is 0.200. The van der Waals surface area contributed by atoms with Gasteiger partial charge in [0.1, 0.15) is 15.9 Å². The molecule has 0 fully saturated rings. The van der Waals surface area contributed by atoms with E-state index in [2.05, 4.69) is 26.1 Å². The van der Waals surface area contributed by atoms with Crippen LogP contribution in [-0.2, 0) is 6.54 Å². The van der Waals surface area contributed by atoms with Crippen LogP contribution in [0.5, 0.6) is 0 Å². The zero-order chi connectivity index (χ0) is 13.3. The molecule has 0 aliphatic rings. The molecule has 0 bridgehead atoms. The Morgan fingerprint density at radius 1 is 1.56 bits per heavy atom. The summed E-state index contributed by atoms with van der Waals surface area (Å²) in [6.07, 6.45) is 2.50. The van der Waals surface area contributed by atoms with Crippen LogP contribution in [0, 0.1) is 6.92 Å². The molecule has 0 saturated heterocycles. The fourth-order valence-corrected chi connectivity index (χ4v) is 1.75. The lowest BCUT2D eigenvalue weighted by atomic mass is 10.2. The van der Waals surface area contributed by atoms with Crippen LogP contribution in [0.4, 0.5) is 0 Å². The first-order chi connectivity index (χ1) is 8.50. The lowest BCUT2D eigenvalue weighted by Gasteiger charge is -2.07. The van der Waals surface area contributed by atoms with Crippen LogP contribution in [0.2, 0.25) is 0 Å². The van der Waals surface area contributed by atoms with E-state index in [0.717, 1.165) is 6.20 Å². The van der Waals surface area contributed by atoms with Crippen LogP contribution in [0.15, 0.2) is 26.2 Å². The monoisotopic (exact) mass is 313 g/mol. The highest BCUT2D eigenvalue weighted by Crippen LogP contribution is 2.11. The van der Waals surface area contributed by atoms with Gasteiger partial charge in [-0.3, -0.25) is 9.36 Å². The van der Waals surface area contributed by atoms with E-state index in [1.54, 1.807) is 6.92 Å². The van der Waals surface area contributed by atoms with Gasteiger partial charge in [0.25, 0.3) is 5.56 Å². The zero-order valence-corrected chi connectivity index (χ0v) is 10.8. The molecule has 7 nitrogen and oxygen atoms in total. The Kier molecular flexibility index (Phi) is 3.28. The van der Waals surface area contributed by atoms with Crippen molar-refractivity contribution in [1.29, 1.82) is 0 Å². The summed E-state index contributed by atoms with van der Waals surface area (Å²) in [6.45, 7) is 1.61. The molecule has 2 aromatic rings. The topological polar surface area (TPSA) is 98.2 Å².